The highest BCUT2D eigenvalue weighted by atomic mass is 31.1. The average molecular weight is 120 g/mol. The SMILES string of the molecule is C=CC(O)(O)P=O. The summed E-state index contributed by atoms with van der Waals surface area (Å²) in [5, 5.41) is 16.5. The molecular weight excluding hydrogens is 115 g/mol. The highest BCUT2D eigenvalue weighted by molar-refractivity contribution is 7.25. The van der Waals surface area contributed by atoms with Gasteiger partial charge < -0.3 is 10.2 Å². The van der Waals surface area contributed by atoms with E-state index in [4.69, 9.17) is 10.2 Å². The molecule has 0 aromatic carbocycles. The van der Waals surface area contributed by atoms with E-state index in [2.05, 4.69) is 6.58 Å². The second kappa shape index (κ2) is 2.17. The normalized spacial score (nSPS) is 11.7. The molecule has 0 heterocycles. The van der Waals surface area contributed by atoms with Gasteiger partial charge in [-0.1, -0.05) is 6.58 Å². The van der Waals surface area contributed by atoms with E-state index in [-0.39, 0.29) is 0 Å². The molecule has 0 unspecified atom stereocenters. The number of hydrogen-bond donors (Lipinski definition) is 2. The summed E-state index contributed by atoms with van der Waals surface area (Å²) in [7, 11) is -0.751. The fraction of sp³-hybridized carbons (Fsp3) is 0.333. The fourth-order valence-electron chi connectivity index (χ4n) is 0.0373. The molecule has 0 fully saturated rings. The molecule has 0 spiro atoms. The summed E-state index contributed by atoms with van der Waals surface area (Å²) >= 11 is 0. The quantitative estimate of drug-likeness (QED) is 0.308. The predicted octanol–water partition coefficient (Wildman–Crippen LogP) is 0.102. The monoisotopic (exact) mass is 120 g/mol. The minimum atomic E-state index is -2.24. The first kappa shape index (κ1) is 6.76. The summed E-state index contributed by atoms with van der Waals surface area (Å²) in [6, 6.07) is 0. The molecule has 0 bridgehead atoms. The molecule has 0 aliphatic carbocycles. The molecule has 0 saturated carbocycles. The number of aliphatic hydroxyl groups is 2. The minimum Gasteiger partial charge on any atom is -0.353 e. The van der Waals surface area contributed by atoms with Gasteiger partial charge in [-0.2, -0.15) is 0 Å². The Hall–Kier alpha value is -0.240. The van der Waals surface area contributed by atoms with E-state index in [1.165, 1.54) is 0 Å². The van der Waals surface area contributed by atoms with Gasteiger partial charge >= 0.3 is 0 Å². The largest absolute Gasteiger partial charge is 0.353 e. The zero-order valence-corrected chi connectivity index (χ0v) is 4.43. The summed E-state index contributed by atoms with van der Waals surface area (Å²) < 4.78 is 9.58. The number of hydrogen-bond acceptors (Lipinski definition) is 3. The summed E-state index contributed by atoms with van der Waals surface area (Å²) in [6.45, 7) is 3.00. The molecule has 0 radical (unpaired) electrons. The molecule has 0 rings (SSSR count). The molecule has 0 aromatic rings. The summed E-state index contributed by atoms with van der Waals surface area (Å²) in [6.07, 6.45) is 0.779. The van der Waals surface area contributed by atoms with Gasteiger partial charge in [0.25, 0.3) is 5.53 Å². The Morgan fingerprint density at radius 3 is 2.14 bits per heavy atom. The molecule has 40 valence electrons. The lowest BCUT2D eigenvalue weighted by molar-refractivity contribution is -0.0381. The Balaban J connectivity index is 3.82. The van der Waals surface area contributed by atoms with Crippen molar-refractivity contribution >= 4 is 8.46 Å². The van der Waals surface area contributed by atoms with Crippen LogP contribution >= 0.6 is 8.46 Å². The van der Waals surface area contributed by atoms with Crippen molar-refractivity contribution < 1.29 is 14.8 Å². The van der Waals surface area contributed by atoms with Crippen molar-refractivity contribution in [3.05, 3.63) is 12.7 Å². The Morgan fingerprint density at radius 1 is 1.71 bits per heavy atom. The smallest absolute Gasteiger partial charge is 0.266 e. The van der Waals surface area contributed by atoms with Crippen LogP contribution in [0.25, 0.3) is 0 Å². The van der Waals surface area contributed by atoms with E-state index in [9.17, 15) is 4.57 Å². The standard InChI is InChI=1S/C3H5O3P/c1-2-3(4,5)7-6/h2,4-5H,1H2. The van der Waals surface area contributed by atoms with Crippen molar-refractivity contribution in [3.8, 4) is 0 Å². The van der Waals surface area contributed by atoms with E-state index in [0.29, 0.717) is 0 Å². The lowest BCUT2D eigenvalue weighted by Crippen LogP contribution is -2.13. The van der Waals surface area contributed by atoms with E-state index >= 15 is 0 Å². The topological polar surface area (TPSA) is 57.5 Å². The summed E-state index contributed by atoms with van der Waals surface area (Å²) in [4.78, 5) is 0. The van der Waals surface area contributed by atoms with Crippen LogP contribution in [0.5, 0.6) is 0 Å². The zero-order valence-electron chi connectivity index (χ0n) is 3.53. The van der Waals surface area contributed by atoms with E-state index in [1.54, 1.807) is 0 Å². The first-order valence-electron chi connectivity index (χ1n) is 1.55. The van der Waals surface area contributed by atoms with Crippen molar-refractivity contribution in [2.45, 2.75) is 5.53 Å². The third kappa shape index (κ3) is 2.45. The van der Waals surface area contributed by atoms with E-state index in [1.807, 2.05) is 0 Å². The zero-order chi connectivity index (χ0) is 5.91. The van der Waals surface area contributed by atoms with Crippen LogP contribution in [0.3, 0.4) is 0 Å². The second-order valence-electron chi connectivity index (χ2n) is 0.983. The Labute approximate surface area is 42.5 Å². The highest BCUT2D eigenvalue weighted by Crippen LogP contribution is 2.14. The molecule has 0 aromatic heterocycles. The third-order valence-electron chi connectivity index (χ3n) is 0.408. The lowest BCUT2D eigenvalue weighted by atomic mass is 10.6. The Morgan fingerprint density at radius 2 is 2.14 bits per heavy atom. The van der Waals surface area contributed by atoms with Crippen molar-refractivity contribution in [3.63, 3.8) is 0 Å². The van der Waals surface area contributed by atoms with Gasteiger partial charge in [0.15, 0.2) is 0 Å². The predicted molar refractivity (Wildman–Crippen MR) is 25.0 cm³/mol. The molecule has 2 N–H and O–H groups in total. The molecule has 0 amide bonds. The summed E-state index contributed by atoms with van der Waals surface area (Å²) in [5.41, 5.74) is -2.24. The van der Waals surface area contributed by atoms with Crippen molar-refractivity contribution in [1.82, 2.24) is 0 Å². The fourth-order valence-corrected chi connectivity index (χ4v) is 0.112. The van der Waals surface area contributed by atoms with Crippen LogP contribution < -0.4 is 0 Å². The highest BCUT2D eigenvalue weighted by Gasteiger charge is 2.16. The lowest BCUT2D eigenvalue weighted by Gasteiger charge is -2.02. The van der Waals surface area contributed by atoms with Crippen molar-refractivity contribution in [2.24, 2.45) is 0 Å². The second-order valence-corrected chi connectivity index (χ2v) is 1.82. The van der Waals surface area contributed by atoms with Crippen LogP contribution in [0.15, 0.2) is 12.7 Å². The van der Waals surface area contributed by atoms with Crippen LogP contribution in [-0.4, -0.2) is 15.7 Å². The Bertz CT molecular complexity index is 78.2. The Kier molecular flexibility index (Phi) is 2.09. The molecule has 0 aliphatic rings. The van der Waals surface area contributed by atoms with Crippen LogP contribution in [0.1, 0.15) is 0 Å². The molecule has 0 aliphatic heterocycles. The summed E-state index contributed by atoms with van der Waals surface area (Å²) in [5.74, 6) is 0. The molecular formula is C3H5O3P. The van der Waals surface area contributed by atoms with Gasteiger partial charge in [0.1, 0.15) is 0 Å². The van der Waals surface area contributed by atoms with E-state index in [0.717, 1.165) is 6.08 Å². The maximum absolute atomic E-state index is 9.58. The first-order valence-corrected chi connectivity index (χ1v) is 2.36. The van der Waals surface area contributed by atoms with Crippen LogP contribution in [0.4, 0.5) is 0 Å². The van der Waals surface area contributed by atoms with Crippen molar-refractivity contribution in [1.29, 1.82) is 0 Å². The van der Waals surface area contributed by atoms with Gasteiger partial charge in [0.2, 0.25) is 8.46 Å². The minimum absolute atomic E-state index is 0.751. The number of rotatable bonds is 2. The van der Waals surface area contributed by atoms with Crippen molar-refractivity contribution in [2.75, 3.05) is 0 Å². The van der Waals surface area contributed by atoms with Crippen LogP contribution in [0.2, 0.25) is 0 Å². The van der Waals surface area contributed by atoms with Crippen LogP contribution in [0, 0.1) is 0 Å². The average Bonchev–Trinajstić information content (AvgIpc) is 1.68. The van der Waals surface area contributed by atoms with Gasteiger partial charge in [-0.3, -0.25) is 4.57 Å². The molecule has 7 heavy (non-hydrogen) atoms. The van der Waals surface area contributed by atoms with Gasteiger partial charge in [-0.15, -0.1) is 0 Å². The van der Waals surface area contributed by atoms with E-state index < -0.39 is 14.0 Å². The van der Waals surface area contributed by atoms with Gasteiger partial charge in [0.05, 0.1) is 0 Å². The van der Waals surface area contributed by atoms with Gasteiger partial charge in [-0.05, 0) is 6.08 Å². The third-order valence-corrected chi connectivity index (χ3v) is 0.859. The molecule has 0 atom stereocenters. The molecule has 4 heteroatoms. The van der Waals surface area contributed by atoms with Gasteiger partial charge in [0, 0.05) is 0 Å². The van der Waals surface area contributed by atoms with Crippen LogP contribution in [-0.2, 0) is 4.57 Å². The maximum atomic E-state index is 9.58. The van der Waals surface area contributed by atoms with Gasteiger partial charge in [-0.25, -0.2) is 0 Å². The molecule has 0 saturated heterocycles. The first-order chi connectivity index (χ1) is 3.12. The molecule has 3 nitrogen and oxygen atoms in total. The maximum Gasteiger partial charge on any atom is 0.266 e.